The molecule has 0 bridgehead atoms. The summed E-state index contributed by atoms with van der Waals surface area (Å²) < 4.78 is 67.4. The van der Waals surface area contributed by atoms with Gasteiger partial charge in [0, 0.05) is 26.2 Å². The van der Waals surface area contributed by atoms with Crippen molar-refractivity contribution < 1.29 is 31.1 Å². The number of halogens is 4. The largest absolute Gasteiger partial charge is 0.573 e. The van der Waals surface area contributed by atoms with E-state index in [1.54, 1.807) is 12.1 Å². The topological polar surface area (TPSA) is 66.9 Å². The summed E-state index contributed by atoms with van der Waals surface area (Å²) in [5.74, 6) is -0.723. The Hall–Kier alpha value is -1.82. The van der Waals surface area contributed by atoms with Crippen molar-refractivity contribution in [2.75, 3.05) is 26.2 Å². The van der Waals surface area contributed by atoms with Gasteiger partial charge < -0.3 is 9.64 Å². The van der Waals surface area contributed by atoms with E-state index in [1.165, 1.54) is 9.21 Å². The second-order valence-electron chi connectivity index (χ2n) is 5.82. The summed E-state index contributed by atoms with van der Waals surface area (Å²) in [6, 6.07) is 7.24. The number of thiophene rings is 1. The zero-order valence-electron chi connectivity index (χ0n) is 14.1. The molecular weight excluding hydrogens is 441 g/mol. The molecule has 12 heteroatoms. The highest BCUT2D eigenvalue weighted by Crippen LogP contribution is 2.26. The molecule has 152 valence electrons. The summed E-state index contributed by atoms with van der Waals surface area (Å²) >= 11 is 6.98. The van der Waals surface area contributed by atoms with Crippen molar-refractivity contribution in [1.82, 2.24) is 9.21 Å². The third-order valence-electron chi connectivity index (χ3n) is 4.00. The van der Waals surface area contributed by atoms with Gasteiger partial charge >= 0.3 is 6.36 Å². The molecule has 28 heavy (non-hydrogen) atoms. The predicted octanol–water partition coefficient (Wildman–Crippen LogP) is 3.45. The smallest absolute Gasteiger partial charge is 0.406 e. The summed E-state index contributed by atoms with van der Waals surface area (Å²) in [6.07, 6.45) is -4.85. The van der Waals surface area contributed by atoms with Gasteiger partial charge in [0.1, 0.15) is 5.75 Å². The minimum absolute atomic E-state index is 0.0774. The van der Waals surface area contributed by atoms with E-state index in [9.17, 15) is 26.4 Å². The van der Waals surface area contributed by atoms with E-state index >= 15 is 0 Å². The quantitative estimate of drug-likeness (QED) is 0.709. The summed E-state index contributed by atoms with van der Waals surface area (Å²) in [5.41, 5.74) is 0. The second kappa shape index (κ2) is 7.90. The van der Waals surface area contributed by atoms with Gasteiger partial charge in [-0.05, 0) is 36.4 Å². The minimum atomic E-state index is -4.85. The van der Waals surface area contributed by atoms with Crippen molar-refractivity contribution in [2.45, 2.75) is 11.3 Å². The van der Waals surface area contributed by atoms with Gasteiger partial charge in [-0.1, -0.05) is 11.6 Å². The molecule has 1 saturated heterocycles. The molecule has 1 amide bonds. The average molecular weight is 455 g/mol. The zero-order valence-corrected chi connectivity index (χ0v) is 16.5. The highest BCUT2D eigenvalue weighted by molar-refractivity contribution is 7.89. The molecule has 1 aliphatic heterocycles. The van der Waals surface area contributed by atoms with E-state index in [2.05, 4.69) is 4.74 Å². The molecule has 3 rings (SSSR count). The first kappa shape index (κ1) is 20.9. The lowest BCUT2D eigenvalue weighted by Crippen LogP contribution is -2.50. The summed E-state index contributed by atoms with van der Waals surface area (Å²) in [5, 5.41) is 0. The highest BCUT2D eigenvalue weighted by atomic mass is 35.5. The number of ether oxygens (including phenoxy) is 1. The molecular formula is C16H14ClF3N2O4S2. The zero-order chi connectivity index (χ0) is 20.5. The van der Waals surface area contributed by atoms with Crippen molar-refractivity contribution in [2.24, 2.45) is 0 Å². The number of amides is 1. The number of hydrogen-bond acceptors (Lipinski definition) is 5. The summed E-state index contributed by atoms with van der Waals surface area (Å²) in [4.78, 5) is 14.3. The van der Waals surface area contributed by atoms with Crippen LogP contribution in [0.3, 0.4) is 0 Å². The SMILES string of the molecule is O=C(c1ccc(Cl)s1)N1CCN(S(=O)(=O)c2ccc(OC(F)(F)F)cc2)CC1. The van der Waals surface area contributed by atoms with Crippen molar-refractivity contribution in [1.29, 1.82) is 0 Å². The first-order valence-electron chi connectivity index (χ1n) is 7.97. The van der Waals surface area contributed by atoms with E-state index < -0.39 is 22.1 Å². The van der Waals surface area contributed by atoms with E-state index in [0.717, 1.165) is 35.6 Å². The number of piperazine rings is 1. The summed E-state index contributed by atoms with van der Waals surface area (Å²) in [6.45, 7) is 0.549. The Morgan fingerprint density at radius 3 is 2.14 bits per heavy atom. The van der Waals surface area contributed by atoms with Gasteiger partial charge in [0.15, 0.2) is 0 Å². The van der Waals surface area contributed by atoms with Gasteiger partial charge in [-0.15, -0.1) is 24.5 Å². The fourth-order valence-electron chi connectivity index (χ4n) is 2.68. The molecule has 0 radical (unpaired) electrons. The Labute approximate surface area is 168 Å². The lowest BCUT2D eigenvalue weighted by Gasteiger charge is -2.33. The number of sulfonamides is 1. The molecule has 2 heterocycles. The minimum Gasteiger partial charge on any atom is -0.406 e. The van der Waals surface area contributed by atoms with Crippen LogP contribution in [0.15, 0.2) is 41.3 Å². The van der Waals surface area contributed by atoms with Crippen LogP contribution < -0.4 is 4.74 Å². The van der Waals surface area contributed by atoms with Gasteiger partial charge in [-0.3, -0.25) is 4.79 Å². The Morgan fingerprint density at radius 2 is 1.64 bits per heavy atom. The number of rotatable bonds is 4. The maximum Gasteiger partial charge on any atom is 0.573 e. The van der Waals surface area contributed by atoms with Crippen molar-refractivity contribution in [3.05, 3.63) is 45.6 Å². The predicted molar refractivity (Wildman–Crippen MR) is 97.1 cm³/mol. The van der Waals surface area contributed by atoms with Crippen LogP contribution in [-0.2, 0) is 10.0 Å². The van der Waals surface area contributed by atoms with Crippen LogP contribution in [-0.4, -0.2) is 56.1 Å². The van der Waals surface area contributed by atoms with Gasteiger partial charge in [0.05, 0.1) is 14.1 Å². The maximum absolute atomic E-state index is 12.7. The van der Waals surface area contributed by atoms with Crippen LogP contribution in [0, 0.1) is 0 Å². The monoisotopic (exact) mass is 454 g/mol. The molecule has 0 aliphatic carbocycles. The van der Waals surface area contributed by atoms with E-state index in [-0.39, 0.29) is 37.0 Å². The van der Waals surface area contributed by atoms with Crippen LogP contribution in [0.4, 0.5) is 13.2 Å². The fourth-order valence-corrected chi connectivity index (χ4v) is 5.11. The van der Waals surface area contributed by atoms with Crippen LogP contribution in [0.2, 0.25) is 4.34 Å². The molecule has 6 nitrogen and oxygen atoms in total. The van der Waals surface area contributed by atoms with Crippen molar-refractivity contribution in [3.8, 4) is 5.75 Å². The second-order valence-corrected chi connectivity index (χ2v) is 9.47. The molecule has 1 aliphatic rings. The average Bonchev–Trinajstić information content (AvgIpc) is 3.07. The molecule has 1 aromatic carbocycles. The third kappa shape index (κ3) is 4.77. The standard InChI is InChI=1S/C16H14ClF3N2O4S2/c17-14-6-5-13(27-14)15(23)21-7-9-22(10-8-21)28(24,25)12-3-1-11(2-4-12)26-16(18,19)20/h1-6H,7-10H2. The number of nitrogens with zero attached hydrogens (tertiary/aromatic N) is 2. The molecule has 0 saturated carbocycles. The van der Waals surface area contributed by atoms with E-state index in [4.69, 9.17) is 11.6 Å². The first-order chi connectivity index (χ1) is 13.1. The fraction of sp³-hybridized carbons (Fsp3) is 0.312. The summed E-state index contributed by atoms with van der Waals surface area (Å²) in [7, 11) is -3.89. The molecule has 0 spiro atoms. The number of benzene rings is 1. The molecule has 0 N–H and O–H groups in total. The van der Waals surface area contributed by atoms with Crippen molar-refractivity contribution in [3.63, 3.8) is 0 Å². The molecule has 2 aromatic rings. The Bertz CT molecular complexity index is 953. The van der Waals surface area contributed by atoms with E-state index in [0.29, 0.717) is 9.21 Å². The van der Waals surface area contributed by atoms with Crippen LogP contribution in [0.5, 0.6) is 5.75 Å². The Kier molecular flexibility index (Phi) is 5.89. The Balaban J connectivity index is 1.65. The lowest BCUT2D eigenvalue weighted by atomic mass is 10.3. The lowest BCUT2D eigenvalue weighted by molar-refractivity contribution is -0.274. The highest BCUT2D eigenvalue weighted by Gasteiger charge is 2.33. The normalized spacial score (nSPS) is 16.2. The van der Waals surface area contributed by atoms with Crippen LogP contribution >= 0.6 is 22.9 Å². The van der Waals surface area contributed by atoms with Gasteiger partial charge in [-0.25, -0.2) is 8.42 Å². The van der Waals surface area contributed by atoms with Gasteiger partial charge in [-0.2, -0.15) is 4.31 Å². The van der Waals surface area contributed by atoms with Crippen molar-refractivity contribution >= 4 is 38.9 Å². The number of hydrogen-bond donors (Lipinski definition) is 0. The van der Waals surface area contributed by atoms with E-state index in [1.807, 2.05) is 0 Å². The van der Waals surface area contributed by atoms with Gasteiger partial charge in [0.25, 0.3) is 5.91 Å². The Morgan fingerprint density at radius 1 is 1.04 bits per heavy atom. The molecule has 0 unspecified atom stereocenters. The number of carbonyl (C=O) groups is 1. The van der Waals surface area contributed by atoms with Gasteiger partial charge in [0.2, 0.25) is 10.0 Å². The van der Waals surface area contributed by atoms with Crippen LogP contribution in [0.1, 0.15) is 9.67 Å². The first-order valence-corrected chi connectivity index (χ1v) is 10.6. The number of alkyl halides is 3. The molecule has 0 atom stereocenters. The number of carbonyl (C=O) groups excluding carboxylic acids is 1. The molecule has 1 aromatic heterocycles. The van der Waals surface area contributed by atoms with Crippen LogP contribution in [0.25, 0.3) is 0 Å². The maximum atomic E-state index is 12.7. The molecule has 1 fully saturated rings. The third-order valence-corrected chi connectivity index (χ3v) is 7.14.